The summed E-state index contributed by atoms with van der Waals surface area (Å²) >= 11 is 0. The van der Waals surface area contributed by atoms with Crippen LogP contribution in [0.1, 0.15) is 85.7 Å². The van der Waals surface area contributed by atoms with Crippen LogP contribution in [0.2, 0.25) is 0 Å². The fraction of sp³-hybridized carbons (Fsp3) is 0.438. The summed E-state index contributed by atoms with van der Waals surface area (Å²) in [6.07, 6.45) is -6.66. The second-order valence-corrected chi connectivity index (χ2v) is 12.7. The Morgan fingerprint density at radius 1 is 1.04 bits per heavy atom. The van der Waals surface area contributed by atoms with Gasteiger partial charge in [-0.3, -0.25) is 9.69 Å². The molecule has 50 heavy (non-hydrogen) atoms. The standard InChI is InChI=1S/C32H35F5N6O7/c1-15(2)25(42(30(46)47)31(5,6)7)28-40-39-27(50-28)21(14-49-29(45)32(35,36)37)38-26(44)24-17(4)41-43-22(24)11-16(3)12-23(43)48-13-18-19(33)9-8-10-20(18)34/h8-12,15,21,25H,13-14H2,1-7H3,(H,38,44)(H,46,47)/t21-,25-/m0/s1. The molecule has 3 heterocycles. The fourth-order valence-electron chi connectivity index (χ4n) is 5.23. The highest BCUT2D eigenvalue weighted by Crippen LogP contribution is 2.34. The van der Waals surface area contributed by atoms with Crippen molar-refractivity contribution in [3.05, 3.63) is 76.1 Å². The first-order chi connectivity index (χ1) is 23.2. The molecule has 13 nitrogen and oxygen atoms in total. The molecule has 4 rings (SSSR count). The Bertz CT molecular complexity index is 1880. The van der Waals surface area contributed by atoms with Crippen LogP contribution in [0.25, 0.3) is 5.52 Å². The summed E-state index contributed by atoms with van der Waals surface area (Å²) in [7, 11) is 0. The normalized spacial score (nSPS) is 13.3. The van der Waals surface area contributed by atoms with E-state index in [4.69, 9.17) is 9.15 Å². The van der Waals surface area contributed by atoms with Gasteiger partial charge in [-0.2, -0.15) is 22.8 Å². The number of carboxylic acid groups (broad SMARTS) is 1. The first-order valence-corrected chi connectivity index (χ1v) is 15.2. The Morgan fingerprint density at radius 2 is 1.66 bits per heavy atom. The monoisotopic (exact) mass is 710 g/mol. The molecule has 0 spiro atoms. The predicted octanol–water partition coefficient (Wildman–Crippen LogP) is 6.24. The predicted molar refractivity (Wildman–Crippen MR) is 164 cm³/mol. The smallest absolute Gasteiger partial charge is 0.473 e. The molecule has 0 saturated carbocycles. The van der Waals surface area contributed by atoms with Gasteiger partial charge in [-0.1, -0.05) is 19.9 Å². The summed E-state index contributed by atoms with van der Waals surface area (Å²) in [6, 6.07) is 3.75. The van der Waals surface area contributed by atoms with Gasteiger partial charge >= 0.3 is 18.2 Å². The van der Waals surface area contributed by atoms with E-state index < -0.39 is 78.4 Å². The molecular weight excluding hydrogens is 675 g/mol. The van der Waals surface area contributed by atoms with Crippen LogP contribution in [0.5, 0.6) is 5.88 Å². The molecule has 0 bridgehead atoms. The summed E-state index contributed by atoms with van der Waals surface area (Å²) < 4.78 is 84.7. The largest absolute Gasteiger partial charge is 0.490 e. The van der Waals surface area contributed by atoms with Gasteiger partial charge < -0.3 is 24.3 Å². The fourth-order valence-corrected chi connectivity index (χ4v) is 5.23. The number of aryl methyl sites for hydroxylation is 2. The molecule has 3 aromatic heterocycles. The van der Waals surface area contributed by atoms with Gasteiger partial charge in [0, 0.05) is 11.6 Å². The second kappa shape index (κ2) is 14.3. The number of esters is 1. The Kier molecular flexibility index (Phi) is 10.7. The molecule has 0 aliphatic carbocycles. The third kappa shape index (κ3) is 8.11. The Balaban J connectivity index is 1.71. The minimum atomic E-state index is -5.36. The molecule has 0 unspecified atom stereocenters. The Morgan fingerprint density at radius 3 is 2.22 bits per heavy atom. The third-order valence-corrected chi connectivity index (χ3v) is 7.44. The number of halogens is 5. The highest BCUT2D eigenvalue weighted by molar-refractivity contribution is 6.02. The number of rotatable bonds is 11. The van der Waals surface area contributed by atoms with Gasteiger partial charge in [-0.15, -0.1) is 10.2 Å². The van der Waals surface area contributed by atoms with Crippen molar-refractivity contribution >= 4 is 23.5 Å². The number of carbonyl (C=O) groups is 3. The lowest BCUT2D eigenvalue weighted by Gasteiger charge is -2.39. The number of pyridine rings is 1. The number of fused-ring (bicyclic) bond motifs is 1. The quantitative estimate of drug-likeness (QED) is 0.135. The van der Waals surface area contributed by atoms with Gasteiger partial charge in [0.2, 0.25) is 17.7 Å². The number of amides is 2. The molecule has 18 heteroatoms. The van der Waals surface area contributed by atoms with Gasteiger partial charge in [0.05, 0.1) is 22.3 Å². The zero-order valence-corrected chi connectivity index (χ0v) is 28.1. The van der Waals surface area contributed by atoms with E-state index in [2.05, 4.69) is 25.3 Å². The van der Waals surface area contributed by atoms with E-state index in [0.717, 1.165) is 17.0 Å². The lowest BCUT2D eigenvalue weighted by molar-refractivity contribution is -0.200. The zero-order chi connectivity index (χ0) is 37.3. The van der Waals surface area contributed by atoms with E-state index in [1.165, 1.54) is 23.6 Å². The molecule has 2 N–H and O–H groups in total. The van der Waals surface area contributed by atoms with Gasteiger partial charge in [0.15, 0.2) is 0 Å². The van der Waals surface area contributed by atoms with E-state index in [1.807, 2.05) is 0 Å². The summed E-state index contributed by atoms with van der Waals surface area (Å²) in [4.78, 5) is 38.8. The SMILES string of the molecule is Cc1cc(OCc2c(F)cccc2F)n2nc(C)c(C(=O)N[C@@H](COC(=O)C(F)(F)F)c3nnc([C@H](C(C)C)N(C(=O)O)C(C)(C)C)o3)c2c1. The molecule has 0 radical (unpaired) electrons. The lowest BCUT2D eigenvalue weighted by atomic mass is 9.96. The second-order valence-electron chi connectivity index (χ2n) is 12.7. The Labute approximate surface area is 282 Å². The van der Waals surface area contributed by atoms with Crippen LogP contribution in [-0.2, 0) is 16.1 Å². The van der Waals surface area contributed by atoms with Gasteiger partial charge in [-0.25, -0.2) is 18.4 Å². The van der Waals surface area contributed by atoms with Crippen molar-refractivity contribution in [1.29, 1.82) is 0 Å². The van der Waals surface area contributed by atoms with Crippen molar-refractivity contribution in [3.63, 3.8) is 0 Å². The highest BCUT2D eigenvalue weighted by Gasteiger charge is 2.43. The van der Waals surface area contributed by atoms with Crippen LogP contribution in [0, 0.1) is 31.4 Å². The zero-order valence-electron chi connectivity index (χ0n) is 28.1. The summed E-state index contributed by atoms with van der Waals surface area (Å²) in [5, 5.41) is 24.6. The van der Waals surface area contributed by atoms with Gasteiger partial charge in [0.1, 0.15) is 36.9 Å². The number of hydrogen-bond donors (Lipinski definition) is 2. The van der Waals surface area contributed by atoms with Crippen LogP contribution in [0.3, 0.4) is 0 Å². The number of ether oxygens (including phenoxy) is 2. The van der Waals surface area contributed by atoms with E-state index in [9.17, 15) is 41.4 Å². The van der Waals surface area contributed by atoms with E-state index >= 15 is 0 Å². The summed E-state index contributed by atoms with van der Waals surface area (Å²) in [5.74, 6) is -6.23. The van der Waals surface area contributed by atoms with Crippen molar-refractivity contribution in [3.8, 4) is 5.88 Å². The minimum Gasteiger partial charge on any atom is -0.473 e. The van der Waals surface area contributed by atoms with Crippen molar-refractivity contribution in [2.75, 3.05) is 6.61 Å². The van der Waals surface area contributed by atoms with Crippen LogP contribution < -0.4 is 10.1 Å². The van der Waals surface area contributed by atoms with Crippen LogP contribution in [-0.4, -0.2) is 66.1 Å². The number of hydrogen-bond acceptors (Lipinski definition) is 9. The molecule has 4 aromatic rings. The van der Waals surface area contributed by atoms with Crippen molar-refractivity contribution in [2.24, 2.45) is 5.92 Å². The maximum atomic E-state index is 14.2. The third-order valence-electron chi connectivity index (χ3n) is 7.44. The molecule has 1 aromatic carbocycles. The van der Waals surface area contributed by atoms with Crippen molar-refractivity contribution in [2.45, 2.75) is 78.9 Å². The molecular formula is C32H35F5N6O7. The molecule has 0 aliphatic heterocycles. The number of aromatic nitrogens is 4. The van der Waals surface area contributed by atoms with E-state index in [0.29, 0.717) is 5.56 Å². The summed E-state index contributed by atoms with van der Waals surface area (Å²) in [5.41, 5.74) is -0.539. The number of nitrogens with zero attached hydrogens (tertiary/aromatic N) is 5. The average Bonchev–Trinajstić information content (AvgIpc) is 3.60. The number of nitrogens with one attached hydrogen (secondary N) is 1. The van der Waals surface area contributed by atoms with Crippen molar-refractivity contribution in [1.82, 2.24) is 30.0 Å². The van der Waals surface area contributed by atoms with Gasteiger partial charge in [0.25, 0.3) is 5.91 Å². The van der Waals surface area contributed by atoms with Gasteiger partial charge in [-0.05, 0) is 64.3 Å². The maximum Gasteiger partial charge on any atom is 0.490 e. The molecule has 2 atom stereocenters. The molecule has 2 amide bonds. The van der Waals surface area contributed by atoms with Crippen LogP contribution >= 0.6 is 0 Å². The van der Waals surface area contributed by atoms with Crippen molar-refractivity contribution < 1.29 is 55.3 Å². The Hall–Kier alpha value is -5.29. The van der Waals surface area contributed by atoms with Crippen LogP contribution in [0.4, 0.5) is 26.7 Å². The number of benzene rings is 1. The highest BCUT2D eigenvalue weighted by atomic mass is 19.4. The minimum absolute atomic E-state index is 0.0172. The maximum absolute atomic E-state index is 14.2. The lowest BCUT2D eigenvalue weighted by Crippen LogP contribution is -2.48. The molecule has 0 fully saturated rings. The number of alkyl halides is 3. The molecule has 0 saturated heterocycles. The number of carbonyl (C=O) groups excluding carboxylic acids is 2. The molecule has 0 aliphatic rings. The van der Waals surface area contributed by atoms with E-state index in [1.54, 1.807) is 47.6 Å². The first-order valence-electron chi connectivity index (χ1n) is 15.2. The summed E-state index contributed by atoms with van der Waals surface area (Å²) in [6.45, 7) is 9.81. The first kappa shape index (κ1) is 37.5. The average molecular weight is 711 g/mol. The topological polar surface area (TPSA) is 161 Å². The van der Waals surface area contributed by atoms with Crippen LogP contribution in [0.15, 0.2) is 34.7 Å². The molecule has 270 valence electrons. The van der Waals surface area contributed by atoms with E-state index in [-0.39, 0.29) is 34.1 Å².